The number of esters is 1. The Kier molecular flexibility index (Phi) is 6.75. The van der Waals surface area contributed by atoms with Crippen LogP contribution in [-0.4, -0.2) is 71.1 Å². The van der Waals surface area contributed by atoms with Gasteiger partial charge in [-0.05, 0) is 50.4 Å². The molecule has 1 fully saturated rings. The van der Waals surface area contributed by atoms with Gasteiger partial charge in [-0.25, -0.2) is 19.9 Å². The van der Waals surface area contributed by atoms with E-state index < -0.39 is 0 Å². The molecule has 1 N–H and O–H groups in total. The number of carbonyl (C=O) groups is 1. The summed E-state index contributed by atoms with van der Waals surface area (Å²) in [4.78, 5) is 33.8. The first kappa shape index (κ1) is 21.9. The van der Waals surface area contributed by atoms with Gasteiger partial charge in [-0.15, -0.1) is 0 Å². The van der Waals surface area contributed by atoms with Crippen LogP contribution in [0, 0.1) is 12.8 Å². The molecule has 1 aliphatic heterocycles. The van der Waals surface area contributed by atoms with E-state index in [1.807, 2.05) is 24.1 Å². The Labute approximate surface area is 187 Å². The number of piperidine rings is 1. The standard InChI is InChI=1S/C23H29N7O2/c1-16-5-4-6-18(11-16)27-22-21-19(25-15-26-22)12-24-23(28-21)30-9-7-17(8-10-30)13-29(2)14-20(31)32-3/h4-6,11-12,15,17H,7-10,13-14H2,1-3H3,(H,25,26,27). The first-order valence-corrected chi connectivity index (χ1v) is 10.8. The summed E-state index contributed by atoms with van der Waals surface area (Å²) in [5, 5.41) is 3.36. The Balaban J connectivity index is 1.44. The van der Waals surface area contributed by atoms with E-state index in [0.29, 0.717) is 35.3 Å². The van der Waals surface area contributed by atoms with Gasteiger partial charge in [0.1, 0.15) is 17.4 Å². The molecule has 0 bridgehead atoms. The molecule has 4 rings (SSSR count). The van der Waals surface area contributed by atoms with Crippen molar-refractivity contribution in [3.63, 3.8) is 0 Å². The summed E-state index contributed by atoms with van der Waals surface area (Å²) in [7, 11) is 3.38. The van der Waals surface area contributed by atoms with Crippen molar-refractivity contribution < 1.29 is 9.53 Å². The summed E-state index contributed by atoms with van der Waals surface area (Å²) in [5.74, 6) is 1.69. The fourth-order valence-electron chi connectivity index (χ4n) is 4.05. The largest absolute Gasteiger partial charge is 0.468 e. The second-order valence-electron chi connectivity index (χ2n) is 8.32. The van der Waals surface area contributed by atoms with Crippen LogP contribution in [0.1, 0.15) is 18.4 Å². The highest BCUT2D eigenvalue weighted by Crippen LogP contribution is 2.26. The van der Waals surface area contributed by atoms with Gasteiger partial charge in [0.05, 0.1) is 19.9 Å². The third-order valence-electron chi connectivity index (χ3n) is 5.74. The molecule has 0 amide bonds. The minimum Gasteiger partial charge on any atom is -0.468 e. The number of anilines is 3. The molecule has 0 spiro atoms. The molecule has 9 nitrogen and oxygen atoms in total. The summed E-state index contributed by atoms with van der Waals surface area (Å²) in [6.45, 7) is 4.99. The molecule has 0 radical (unpaired) electrons. The van der Waals surface area contributed by atoms with Gasteiger partial charge in [-0.3, -0.25) is 9.69 Å². The van der Waals surface area contributed by atoms with Crippen molar-refractivity contribution in [2.45, 2.75) is 19.8 Å². The number of nitrogens with zero attached hydrogens (tertiary/aromatic N) is 6. The average Bonchev–Trinajstić information content (AvgIpc) is 2.79. The zero-order valence-electron chi connectivity index (χ0n) is 18.8. The van der Waals surface area contributed by atoms with E-state index in [1.165, 1.54) is 19.0 Å². The molecule has 1 aromatic carbocycles. The molecule has 0 saturated carbocycles. The number of aryl methyl sites for hydroxylation is 1. The quantitative estimate of drug-likeness (QED) is 0.562. The smallest absolute Gasteiger partial charge is 0.319 e. The monoisotopic (exact) mass is 435 g/mol. The average molecular weight is 436 g/mol. The van der Waals surface area contributed by atoms with Crippen molar-refractivity contribution in [1.29, 1.82) is 0 Å². The van der Waals surface area contributed by atoms with Crippen molar-refractivity contribution >= 4 is 34.5 Å². The highest BCUT2D eigenvalue weighted by atomic mass is 16.5. The Hall–Kier alpha value is -3.33. The molecular formula is C23H29N7O2. The van der Waals surface area contributed by atoms with E-state index in [4.69, 9.17) is 9.72 Å². The van der Waals surface area contributed by atoms with E-state index in [0.717, 1.165) is 38.2 Å². The van der Waals surface area contributed by atoms with Gasteiger partial charge in [0.25, 0.3) is 0 Å². The Morgan fingerprint density at radius 2 is 2.06 bits per heavy atom. The van der Waals surface area contributed by atoms with Crippen LogP contribution >= 0.6 is 0 Å². The lowest BCUT2D eigenvalue weighted by atomic mass is 9.96. The predicted octanol–water partition coefficient (Wildman–Crippen LogP) is 2.79. The number of likely N-dealkylation sites (N-methyl/N-ethyl adjacent to an activating group) is 1. The zero-order valence-corrected chi connectivity index (χ0v) is 18.8. The number of hydrogen-bond donors (Lipinski definition) is 1. The van der Waals surface area contributed by atoms with Gasteiger partial charge in [-0.1, -0.05) is 12.1 Å². The van der Waals surface area contributed by atoms with Crippen LogP contribution in [0.25, 0.3) is 11.0 Å². The number of methoxy groups -OCH3 is 1. The maximum absolute atomic E-state index is 11.5. The second-order valence-corrected chi connectivity index (χ2v) is 8.32. The number of nitrogens with one attached hydrogen (secondary N) is 1. The molecule has 32 heavy (non-hydrogen) atoms. The van der Waals surface area contributed by atoms with Gasteiger partial charge in [0, 0.05) is 25.3 Å². The lowest BCUT2D eigenvalue weighted by Crippen LogP contribution is -2.39. The summed E-state index contributed by atoms with van der Waals surface area (Å²) >= 11 is 0. The van der Waals surface area contributed by atoms with E-state index in [9.17, 15) is 4.79 Å². The minimum atomic E-state index is -0.202. The maximum atomic E-state index is 11.5. The van der Waals surface area contributed by atoms with Crippen molar-refractivity contribution in [3.8, 4) is 0 Å². The van der Waals surface area contributed by atoms with Gasteiger partial charge in [0.15, 0.2) is 5.82 Å². The Morgan fingerprint density at radius 1 is 1.25 bits per heavy atom. The molecule has 2 aromatic heterocycles. The summed E-state index contributed by atoms with van der Waals surface area (Å²) in [6.07, 6.45) is 5.33. The summed E-state index contributed by atoms with van der Waals surface area (Å²) in [6, 6.07) is 8.14. The van der Waals surface area contributed by atoms with Gasteiger partial charge in [0.2, 0.25) is 5.95 Å². The highest BCUT2D eigenvalue weighted by Gasteiger charge is 2.23. The third-order valence-corrected chi connectivity index (χ3v) is 5.74. The molecule has 168 valence electrons. The van der Waals surface area contributed by atoms with Crippen LogP contribution < -0.4 is 10.2 Å². The fraction of sp³-hybridized carbons (Fsp3) is 0.435. The summed E-state index contributed by atoms with van der Waals surface area (Å²) < 4.78 is 4.75. The number of benzene rings is 1. The number of rotatable bonds is 7. The molecule has 3 aromatic rings. The Morgan fingerprint density at radius 3 is 2.81 bits per heavy atom. The van der Waals surface area contributed by atoms with Crippen molar-refractivity contribution in [1.82, 2.24) is 24.8 Å². The minimum absolute atomic E-state index is 0.202. The maximum Gasteiger partial charge on any atom is 0.319 e. The van der Waals surface area contributed by atoms with Crippen molar-refractivity contribution in [2.75, 3.05) is 50.6 Å². The number of carbonyl (C=O) groups excluding carboxylic acids is 1. The van der Waals surface area contributed by atoms with E-state index >= 15 is 0 Å². The normalized spacial score (nSPS) is 14.7. The van der Waals surface area contributed by atoms with Crippen LogP contribution in [0.15, 0.2) is 36.8 Å². The molecule has 1 aliphatic rings. The SMILES string of the molecule is COC(=O)CN(C)CC1CCN(c2ncc3ncnc(Nc4cccc(C)c4)c3n2)CC1. The van der Waals surface area contributed by atoms with Gasteiger partial charge >= 0.3 is 5.97 Å². The lowest BCUT2D eigenvalue weighted by Gasteiger charge is -2.33. The van der Waals surface area contributed by atoms with Crippen molar-refractivity contribution in [3.05, 3.63) is 42.4 Å². The molecule has 1 saturated heterocycles. The molecule has 0 unspecified atom stereocenters. The zero-order chi connectivity index (χ0) is 22.5. The number of fused-ring (bicyclic) bond motifs is 1. The first-order chi connectivity index (χ1) is 15.5. The second kappa shape index (κ2) is 9.86. The third kappa shape index (κ3) is 5.28. The molecule has 3 heterocycles. The van der Waals surface area contributed by atoms with Gasteiger partial charge in [-0.2, -0.15) is 0 Å². The lowest BCUT2D eigenvalue weighted by molar-refractivity contribution is -0.141. The van der Waals surface area contributed by atoms with Gasteiger partial charge < -0.3 is 15.0 Å². The van der Waals surface area contributed by atoms with Crippen LogP contribution in [-0.2, 0) is 9.53 Å². The fourth-order valence-corrected chi connectivity index (χ4v) is 4.05. The molecule has 0 atom stereocenters. The van der Waals surface area contributed by atoms with E-state index in [-0.39, 0.29) is 5.97 Å². The number of aromatic nitrogens is 4. The van der Waals surface area contributed by atoms with Crippen LogP contribution in [0.2, 0.25) is 0 Å². The van der Waals surface area contributed by atoms with E-state index in [1.54, 1.807) is 6.20 Å². The molecule has 0 aliphatic carbocycles. The Bertz CT molecular complexity index is 1080. The van der Waals surface area contributed by atoms with Crippen molar-refractivity contribution in [2.24, 2.45) is 5.92 Å². The number of ether oxygens (including phenoxy) is 1. The van der Waals surface area contributed by atoms with E-state index in [2.05, 4.69) is 44.2 Å². The highest BCUT2D eigenvalue weighted by molar-refractivity contribution is 5.87. The summed E-state index contributed by atoms with van der Waals surface area (Å²) in [5.41, 5.74) is 3.54. The predicted molar refractivity (Wildman–Crippen MR) is 124 cm³/mol. The molecular weight excluding hydrogens is 406 g/mol. The first-order valence-electron chi connectivity index (χ1n) is 10.8. The molecule has 9 heteroatoms. The van der Waals surface area contributed by atoms with Crippen LogP contribution in [0.3, 0.4) is 0 Å². The van der Waals surface area contributed by atoms with Crippen LogP contribution in [0.5, 0.6) is 0 Å². The number of hydrogen-bond acceptors (Lipinski definition) is 9. The van der Waals surface area contributed by atoms with Crippen LogP contribution in [0.4, 0.5) is 17.5 Å². The topological polar surface area (TPSA) is 96.4 Å².